The largest absolute Gasteiger partial charge is 0.438 e. The maximum atomic E-state index is 12.5. The number of benzene rings is 1. The molecule has 0 atom stereocenters. The number of sulfonamides is 1. The van der Waals surface area contributed by atoms with Crippen LogP contribution in [0.25, 0.3) is 5.69 Å². The third-order valence-corrected chi connectivity index (χ3v) is 5.02. The monoisotopic (exact) mass is 374 g/mol. The molecule has 3 rings (SSSR count). The van der Waals surface area contributed by atoms with Crippen molar-refractivity contribution in [2.75, 3.05) is 12.4 Å². The van der Waals surface area contributed by atoms with E-state index in [4.69, 9.17) is 4.42 Å². The van der Waals surface area contributed by atoms with E-state index in [9.17, 15) is 13.2 Å². The predicted octanol–water partition coefficient (Wildman–Crippen LogP) is 2.24. The van der Waals surface area contributed by atoms with Crippen LogP contribution in [0.5, 0.6) is 0 Å². The Balaban J connectivity index is 1.91. The number of hydrogen-bond donors (Lipinski definition) is 2. The molecule has 2 N–H and O–H groups in total. The summed E-state index contributed by atoms with van der Waals surface area (Å²) in [5.74, 6) is -0.668. The number of nitrogens with zero attached hydrogens (tertiary/aromatic N) is 2. The van der Waals surface area contributed by atoms with Gasteiger partial charge in [0.05, 0.1) is 17.1 Å². The van der Waals surface area contributed by atoms with Gasteiger partial charge in [0, 0.05) is 5.69 Å². The van der Waals surface area contributed by atoms with Crippen LogP contribution in [0.2, 0.25) is 0 Å². The van der Waals surface area contributed by atoms with Crippen LogP contribution in [0.4, 0.5) is 5.69 Å². The molecule has 26 heavy (non-hydrogen) atoms. The summed E-state index contributed by atoms with van der Waals surface area (Å²) in [5, 5.41) is 6.84. The summed E-state index contributed by atoms with van der Waals surface area (Å²) in [6.07, 6.45) is 0. The first kappa shape index (κ1) is 17.9. The summed E-state index contributed by atoms with van der Waals surface area (Å²) < 4.78 is 32.5. The highest BCUT2D eigenvalue weighted by Crippen LogP contribution is 2.23. The lowest BCUT2D eigenvalue weighted by atomic mass is 10.2. The average Bonchev–Trinajstić information content (AvgIpc) is 3.22. The van der Waals surface area contributed by atoms with Crippen molar-refractivity contribution in [3.05, 3.63) is 59.6 Å². The number of anilines is 1. The zero-order chi connectivity index (χ0) is 18.9. The van der Waals surface area contributed by atoms with E-state index in [1.165, 1.54) is 19.2 Å². The van der Waals surface area contributed by atoms with Crippen LogP contribution in [0.3, 0.4) is 0 Å². The Morgan fingerprint density at radius 3 is 2.54 bits per heavy atom. The molecule has 3 aromatic rings. The molecule has 1 amide bonds. The summed E-state index contributed by atoms with van der Waals surface area (Å²) in [6, 6.07) is 11.7. The molecule has 0 aliphatic carbocycles. The van der Waals surface area contributed by atoms with Crippen LogP contribution in [-0.4, -0.2) is 31.2 Å². The first-order valence-corrected chi connectivity index (χ1v) is 9.27. The molecule has 0 radical (unpaired) electrons. The Morgan fingerprint density at radius 1 is 1.15 bits per heavy atom. The van der Waals surface area contributed by atoms with Gasteiger partial charge in [-0.25, -0.2) is 17.8 Å². The Kier molecular flexibility index (Phi) is 4.66. The van der Waals surface area contributed by atoms with Crippen LogP contribution in [0.1, 0.15) is 21.9 Å². The normalized spacial score (nSPS) is 11.5. The number of hydrogen-bond acceptors (Lipinski definition) is 5. The second-order valence-corrected chi connectivity index (χ2v) is 7.45. The fourth-order valence-corrected chi connectivity index (χ4v) is 3.16. The van der Waals surface area contributed by atoms with Crippen LogP contribution < -0.4 is 10.0 Å². The first-order chi connectivity index (χ1) is 12.3. The van der Waals surface area contributed by atoms with Crippen LogP contribution in [0.15, 0.2) is 52.0 Å². The summed E-state index contributed by atoms with van der Waals surface area (Å²) in [7, 11) is -2.48. The summed E-state index contributed by atoms with van der Waals surface area (Å²) in [4.78, 5) is 12.5. The maximum absolute atomic E-state index is 12.5. The zero-order valence-electron chi connectivity index (χ0n) is 14.5. The van der Waals surface area contributed by atoms with Gasteiger partial charge in [-0.2, -0.15) is 5.10 Å². The summed E-state index contributed by atoms with van der Waals surface area (Å²) >= 11 is 0. The third-order valence-electron chi connectivity index (χ3n) is 3.73. The highest BCUT2D eigenvalue weighted by Gasteiger charge is 2.20. The standard InChI is InChI=1S/C17H18N4O4S/c1-11-10-12(2)21(20-11)14-7-5-4-6-13(14)19-17(22)15-8-9-16(25-15)26(23,24)18-3/h4-10,18H,1-3H3,(H,19,22). The molecular formula is C17H18N4O4S. The number of aromatic nitrogens is 2. The number of aryl methyl sites for hydroxylation is 2. The van der Waals surface area contributed by atoms with Crippen LogP contribution in [-0.2, 0) is 10.0 Å². The molecule has 0 aliphatic heterocycles. The molecule has 0 saturated heterocycles. The topological polar surface area (TPSA) is 106 Å². The summed E-state index contributed by atoms with van der Waals surface area (Å²) in [6.45, 7) is 3.80. The SMILES string of the molecule is CNS(=O)(=O)c1ccc(C(=O)Nc2ccccc2-n2nc(C)cc2C)o1. The van der Waals surface area contributed by atoms with E-state index < -0.39 is 15.9 Å². The molecule has 0 spiro atoms. The van der Waals surface area contributed by atoms with Gasteiger partial charge in [0.2, 0.25) is 5.09 Å². The molecule has 0 unspecified atom stereocenters. The maximum Gasteiger partial charge on any atom is 0.291 e. The fourth-order valence-electron chi connectivity index (χ4n) is 2.51. The van der Waals surface area contributed by atoms with Gasteiger partial charge in [-0.05, 0) is 51.2 Å². The number of carbonyl (C=O) groups is 1. The highest BCUT2D eigenvalue weighted by atomic mass is 32.2. The molecule has 0 aliphatic rings. The fraction of sp³-hybridized carbons (Fsp3) is 0.176. The Bertz CT molecular complexity index is 1070. The van der Waals surface area contributed by atoms with Gasteiger partial charge in [0.25, 0.3) is 15.9 Å². The summed E-state index contributed by atoms with van der Waals surface area (Å²) in [5.41, 5.74) is 3.00. The second kappa shape index (κ2) is 6.77. The molecule has 9 heteroatoms. The minimum atomic E-state index is -3.75. The van der Waals surface area contributed by atoms with E-state index in [0.29, 0.717) is 11.4 Å². The predicted molar refractivity (Wildman–Crippen MR) is 95.9 cm³/mol. The third kappa shape index (κ3) is 3.39. The number of nitrogens with one attached hydrogen (secondary N) is 2. The quantitative estimate of drug-likeness (QED) is 0.712. The van der Waals surface area contributed by atoms with E-state index >= 15 is 0 Å². The molecule has 0 fully saturated rings. The van der Waals surface area contributed by atoms with Crippen LogP contribution in [0, 0.1) is 13.8 Å². The molecule has 2 heterocycles. The molecular weight excluding hydrogens is 356 g/mol. The molecule has 2 aromatic heterocycles. The average molecular weight is 374 g/mol. The van der Waals surface area contributed by atoms with Gasteiger partial charge < -0.3 is 9.73 Å². The lowest BCUT2D eigenvalue weighted by molar-refractivity contribution is 0.0991. The van der Waals surface area contributed by atoms with Gasteiger partial charge in [-0.15, -0.1) is 0 Å². The minimum absolute atomic E-state index is 0.109. The number of carbonyl (C=O) groups excluding carboxylic acids is 1. The van der Waals surface area contributed by atoms with Crippen molar-refractivity contribution < 1.29 is 17.6 Å². The lowest BCUT2D eigenvalue weighted by Gasteiger charge is -2.11. The van der Waals surface area contributed by atoms with E-state index in [0.717, 1.165) is 11.4 Å². The van der Waals surface area contributed by atoms with Gasteiger partial charge in [0.1, 0.15) is 0 Å². The van der Waals surface area contributed by atoms with Crippen molar-refractivity contribution in [3.63, 3.8) is 0 Å². The van der Waals surface area contributed by atoms with Gasteiger partial charge in [-0.3, -0.25) is 4.79 Å². The van der Waals surface area contributed by atoms with Crippen molar-refractivity contribution >= 4 is 21.6 Å². The van der Waals surface area contributed by atoms with Gasteiger partial charge in [0.15, 0.2) is 5.76 Å². The lowest BCUT2D eigenvalue weighted by Crippen LogP contribution is -2.18. The smallest absolute Gasteiger partial charge is 0.291 e. The number of para-hydroxylation sites is 2. The zero-order valence-corrected chi connectivity index (χ0v) is 15.3. The molecule has 8 nitrogen and oxygen atoms in total. The van der Waals surface area contributed by atoms with Gasteiger partial charge in [-0.1, -0.05) is 12.1 Å². The van der Waals surface area contributed by atoms with Crippen molar-refractivity contribution in [1.29, 1.82) is 0 Å². The Hall–Kier alpha value is -2.91. The van der Waals surface area contributed by atoms with Crippen molar-refractivity contribution in [2.45, 2.75) is 18.9 Å². The molecule has 1 aromatic carbocycles. The van der Waals surface area contributed by atoms with Crippen molar-refractivity contribution in [1.82, 2.24) is 14.5 Å². The van der Waals surface area contributed by atoms with Crippen molar-refractivity contribution in [2.24, 2.45) is 0 Å². The highest BCUT2D eigenvalue weighted by molar-refractivity contribution is 7.89. The van der Waals surface area contributed by atoms with E-state index in [2.05, 4.69) is 15.1 Å². The van der Waals surface area contributed by atoms with Gasteiger partial charge >= 0.3 is 0 Å². The number of rotatable bonds is 5. The van der Waals surface area contributed by atoms with E-state index in [1.54, 1.807) is 16.8 Å². The number of furan rings is 1. The second-order valence-electron chi connectivity index (χ2n) is 5.64. The Labute approximate surface area is 150 Å². The molecule has 0 bridgehead atoms. The Morgan fingerprint density at radius 2 is 1.88 bits per heavy atom. The van der Waals surface area contributed by atoms with E-state index in [1.807, 2.05) is 32.0 Å². The first-order valence-electron chi connectivity index (χ1n) is 7.79. The minimum Gasteiger partial charge on any atom is -0.438 e. The van der Waals surface area contributed by atoms with E-state index in [-0.39, 0.29) is 10.9 Å². The van der Waals surface area contributed by atoms with Crippen molar-refractivity contribution in [3.8, 4) is 5.69 Å². The molecule has 0 saturated carbocycles. The number of amides is 1. The van der Waals surface area contributed by atoms with Crippen LogP contribution >= 0.6 is 0 Å². The molecule has 136 valence electrons.